The fourth-order valence-electron chi connectivity index (χ4n) is 2.92. The highest BCUT2D eigenvalue weighted by Crippen LogP contribution is 2.28. The van der Waals surface area contributed by atoms with Crippen LogP contribution in [0.2, 0.25) is 0 Å². The summed E-state index contributed by atoms with van der Waals surface area (Å²) < 4.78 is 1.84. The van der Waals surface area contributed by atoms with Crippen molar-refractivity contribution in [3.63, 3.8) is 0 Å². The van der Waals surface area contributed by atoms with Gasteiger partial charge in [-0.05, 0) is 37.1 Å². The van der Waals surface area contributed by atoms with Crippen LogP contribution >= 0.6 is 0 Å². The fourth-order valence-corrected chi connectivity index (χ4v) is 2.92. The van der Waals surface area contributed by atoms with Crippen LogP contribution in [-0.2, 0) is 0 Å². The highest BCUT2D eigenvalue weighted by molar-refractivity contribution is 5.90. The second kappa shape index (κ2) is 7.45. The maximum atomic E-state index is 4.71. The SMILES string of the molecule is CCCNc1nc(Nc2ccccc2C)c2cnn(-c3ccccc3)c2n1. The molecule has 2 heterocycles. The smallest absolute Gasteiger partial charge is 0.226 e. The molecule has 27 heavy (non-hydrogen) atoms. The lowest BCUT2D eigenvalue weighted by molar-refractivity contribution is 0.892. The first-order valence-corrected chi connectivity index (χ1v) is 9.14. The van der Waals surface area contributed by atoms with Gasteiger partial charge in [-0.25, -0.2) is 4.68 Å². The lowest BCUT2D eigenvalue weighted by atomic mass is 10.2. The zero-order valence-corrected chi connectivity index (χ0v) is 15.5. The molecule has 0 atom stereocenters. The summed E-state index contributed by atoms with van der Waals surface area (Å²) >= 11 is 0. The highest BCUT2D eigenvalue weighted by atomic mass is 15.3. The van der Waals surface area contributed by atoms with Crippen LogP contribution in [0.3, 0.4) is 0 Å². The molecular formula is C21H22N6. The number of nitrogens with one attached hydrogen (secondary N) is 2. The van der Waals surface area contributed by atoms with Gasteiger partial charge in [-0.1, -0.05) is 43.3 Å². The third-order valence-corrected chi connectivity index (χ3v) is 4.36. The number of fused-ring (bicyclic) bond motifs is 1. The van der Waals surface area contributed by atoms with E-state index in [-0.39, 0.29) is 0 Å². The molecule has 0 saturated heterocycles. The van der Waals surface area contributed by atoms with Crippen LogP contribution in [0.25, 0.3) is 16.7 Å². The number of benzene rings is 2. The van der Waals surface area contributed by atoms with Gasteiger partial charge in [0.25, 0.3) is 0 Å². The van der Waals surface area contributed by atoms with Crippen molar-refractivity contribution in [3.05, 3.63) is 66.4 Å². The molecule has 2 aromatic carbocycles. The van der Waals surface area contributed by atoms with E-state index in [0.29, 0.717) is 5.95 Å². The molecule has 0 aliphatic carbocycles. The Kier molecular flexibility index (Phi) is 4.70. The van der Waals surface area contributed by atoms with E-state index in [1.54, 1.807) is 0 Å². The van der Waals surface area contributed by atoms with E-state index in [4.69, 9.17) is 9.97 Å². The van der Waals surface area contributed by atoms with Gasteiger partial charge in [0, 0.05) is 12.2 Å². The van der Waals surface area contributed by atoms with E-state index in [0.717, 1.165) is 46.8 Å². The maximum Gasteiger partial charge on any atom is 0.226 e. The summed E-state index contributed by atoms with van der Waals surface area (Å²) in [5.41, 5.74) is 3.91. The number of para-hydroxylation sites is 2. The molecule has 6 heteroatoms. The Morgan fingerprint density at radius 3 is 2.52 bits per heavy atom. The third kappa shape index (κ3) is 3.46. The standard InChI is InChI=1S/C21H22N6/c1-3-13-22-21-25-19(24-18-12-8-7-9-15(18)2)17-14-23-27(20(17)26-21)16-10-5-4-6-11-16/h4-12,14H,3,13H2,1-2H3,(H2,22,24,25,26). The van der Waals surface area contributed by atoms with E-state index >= 15 is 0 Å². The summed E-state index contributed by atoms with van der Waals surface area (Å²) in [6, 6.07) is 18.2. The average molecular weight is 358 g/mol. The Hall–Kier alpha value is -3.41. The summed E-state index contributed by atoms with van der Waals surface area (Å²) in [7, 11) is 0. The molecule has 0 radical (unpaired) electrons. The van der Waals surface area contributed by atoms with Crippen LogP contribution < -0.4 is 10.6 Å². The van der Waals surface area contributed by atoms with Crippen LogP contribution in [0, 0.1) is 6.92 Å². The number of aromatic nitrogens is 4. The molecule has 6 nitrogen and oxygen atoms in total. The molecule has 0 amide bonds. The maximum absolute atomic E-state index is 4.71. The molecular weight excluding hydrogens is 336 g/mol. The van der Waals surface area contributed by atoms with Gasteiger partial charge in [0.1, 0.15) is 5.82 Å². The van der Waals surface area contributed by atoms with Crippen LogP contribution in [0.5, 0.6) is 0 Å². The second-order valence-corrected chi connectivity index (χ2v) is 6.39. The lowest BCUT2D eigenvalue weighted by Crippen LogP contribution is -2.08. The van der Waals surface area contributed by atoms with Gasteiger partial charge in [-0.15, -0.1) is 0 Å². The Labute approximate surface area is 158 Å². The van der Waals surface area contributed by atoms with Gasteiger partial charge in [0.05, 0.1) is 17.3 Å². The number of anilines is 3. The van der Waals surface area contributed by atoms with Crippen molar-refractivity contribution < 1.29 is 0 Å². The quantitative estimate of drug-likeness (QED) is 0.523. The van der Waals surface area contributed by atoms with Gasteiger partial charge in [0.15, 0.2) is 5.65 Å². The van der Waals surface area contributed by atoms with E-state index in [1.165, 1.54) is 0 Å². The van der Waals surface area contributed by atoms with Crippen molar-refractivity contribution in [2.45, 2.75) is 20.3 Å². The summed E-state index contributed by atoms with van der Waals surface area (Å²) in [6.07, 6.45) is 2.81. The van der Waals surface area contributed by atoms with Crippen molar-refractivity contribution in [3.8, 4) is 5.69 Å². The minimum Gasteiger partial charge on any atom is -0.354 e. The van der Waals surface area contributed by atoms with Gasteiger partial charge < -0.3 is 10.6 Å². The van der Waals surface area contributed by atoms with Crippen molar-refractivity contribution in [1.82, 2.24) is 19.7 Å². The van der Waals surface area contributed by atoms with Gasteiger partial charge in [0.2, 0.25) is 5.95 Å². The Bertz CT molecular complexity index is 1050. The summed E-state index contributed by atoms with van der Waals surface area (Å²) in [6.45, 7) is 5.01. The number of nitrogens with zero attached hydrogens (tertiary/aromatic N) is 4. The molecule has 0 aliphatic rings. The number of rotatable bonds is 6. The van der Waals surface area contributed by atoms with Crippen LogP contribution in [0.15, 0.2) is 60.8 Å². The molecule has 4 rings (SSSR count). The third-order valence-electron chi connectivity index (χ3n) is 4.36. The van der Waals surface area contributed by atoms with E-state index in [2.05, 4.69) is 35.6 Å². The summed E-state index contributed by atoms with van der Waals surface area (Å²) in [5, 5.41) is 12.2. The van der Waals surface area contributed by atoms with Crippen LogP contribution in [-0.4, -0.2) is 26.3 Å². The summed E-state index contributed by atoms with van der Waals surface area (Å²) in [4.78, 5) is 9.41. The predicted molar refractivity (Wildman–Crippen MR) is 110 cm³/mol. The fraction of sp³-hybridized carbons (Fsp3) is 0.190. The van der Waals surface area contributed by atoms with Gasteiger partial charge in [-0.2, -0.15) is 15.1 Å². The molecule has 0 saturated carbocycles. The van der Waals surface area contributed by atoms with Crippen LogP contribution in [0.1, 0.15) is 18.9 Å². The lowest BCUT2D eigenvalue weighted by Gasteiger charge is -2.12. The van der Waals surface area contributed by atoms with Gasteiger partial charge in [-0.3, -0.25) is 0 Å². The van der Waals surface area contributed by atoms with Crippen molar-refractivity contribution in [2.75, 3.05) is 17.2 Å². The minimum atomic E-state index is 0.595. The molecule has 0 spiro atoms. The molecule has 136 valence electrons. The summed E-state index contributed by atoms with van der Waals surface area (Å²) in [5.74, 6) is 1.34. The van der Waals surface area contributed by atoms with Crippen molar-refractivity contribution in [1.29, 1.82) is 0 Å². The molecule has 2 N–H and O–H groups in total. The molecule has 0 bridgehead atoms. The largest absolute Gasteiger partial charge is 0.354 e. The zero-order valence-electron chi connectivity index (χ0n) is 15.5. The average Bonchev–Trinajstić information content (AvgIpc) is 3.13. The van der Waals surface area contributed by atoms with E-state index in [9.17, 15) is 0 Å². The van der Waals surface area contributed by atoms with E-state index in [1.807, 2.05) is 59.4 Å². The number of hydrogen-bond acceptors (Lipinski definition) is 5. The van der Waals surface area contributed by atoms with E-state index < -0.39 is 0 Å². The molecule has 0 aliphatic heterocycles. The van der Waals surface area contributed by atoms with Crippen molar-refractivity contribution >= 4 is 28.5 Å². The monoisotopic (exact) mass is 358 g/mol. The Balaban J connectivity index is 1.84. The highest BCUT2D eigenvalue weighted by Gasteiger charge is 2.14. The normalized spacial score (nSPS) is 10.9. The Morgan fingerprint density at radius 2 is 1.74 bits per heavy atom. The predicted octanol–water partition coefficient (Wildman–Crippen LogP) is 4.69. The molecule has 4 aromatic rings. The van der Waals surface area contributed by atoms with Crippen LogP contribution in [0.4, 0.5) is 17.5 Å². The first-order valence-electron chi connectivity index (χ1n) is 9.14. The number of hydrogen-bond donors (Lipinski definition) is 2. The topological polar surface area (TPSA) is 67.7 Å². The second-order valence-electron chi connectivity index (χ2n) is 6.39. The molecule has 0 fully saturated rings. The number of aryl methyl sites for hydroxylation is 1. The molecule has 0 unspecified atom stereocenters. The zero-order chi connectivity index (χ0) is 18.6. The Morgan fingerprint density at radius 1 is 0.963 bits per heavy atom. The molecule has 2 aromatic heterocycles. The first-order chi connectivity index (χ1) is 13.3. The minimum absolute atomic E-state index is 0.595. The van der Waals surface area contributed by atoms with Gasteiger partial charge >= 0.3 is 0 Å². The van der Waals surface area contributed by atoms with Crippen molar-refractivity contribution in [2.24, 2.45) is 0 Å². The first kappa shape index (κ1) is 17.0.